The molecule has 0 bridgehead atoms. The van der Waals surface area contributed by atoms with Crippen molar-refractivity contribution in [2.75, 3.05) is 26.2 Å². The van der Waals surface area contributed by atoms with E-state index < -0.39 is 0 Å². The Morgan fingerprint density at radius 2 is 2.00 bits per heavy atom. The Balaban J connectivity index is 1.99. The van der Waals surface area contributed by atoms with Crippen LogP contribution < -0.4 is 10.6 Å². The Labute approximate surface area is 94.7 Å². The molecule has 80 valence electrons. The average Bonchev–Trinajstić information content (AvgIpc) is 2.58. The molecule has 14 heavy (non-hydrogen) atoms. The second-order valence-corrected chi connectivity index (χ2v) is 4.86. The first-order chi connectivity index (χ1) is 6.83. The summed E-state index contributed by atoms with van der Waals surface area (Å²) in [6.45, 7) is 6.27. The summed E-state index contributed by atoms with van der Waals surface area (Å²) < 4.78 is 0.882. The molecule has 0 fully saturated rings. The van der Waals surface area contributed by atoms with E-state index in [1.807, 2.05) is 6.07 Å². The lowest BCUT2D eigenvalue weighted by Gasteiger charge is -2.03. The van der Waals surface area contributed by atoms with E-state index in [1.54, 1.807) is 11.3 Å². The van der Waals surface area contributed by atoms with E-state index >= 15 is 0 Å². The van der Waals surface area contributed by atoms with Gasteiger partial charge in [-0.05, 0) is 25.1 Å². The normalized spacial score (nSPS) is 10.7. The minimum atomic E-state index is 0.882. The molecule has 4 heteroatoms. The van der Waals surface area contributed by atoms with E-state index in [1.165, 1.54) is 4.88 Å². The zero-order chi connectivity index (χ0) is 10.2. The number of rotatable bonds is 7. The van der Waals surface area contributed by atoms with Gasteiger partial charge in [-0.2, -0.15) is 0 Å². The van der Waals surface area contributed by atoms with Gasteiger partial charge in [-0.15, -0.1) is 11.3 Å². The molecule has 0 aromatic carbocycles. The Morgan fingerprint density at radius 1 is 1.21 bits per heavy atom. The first kappa shape index (κ1) is 12.0. The van der Waals surface area contributed by atoms with Gasteiger partial charge in [-0.3, -0.25) is 0 Å². The maximum Gasteiger partial charge on any atom is 0.0931 e. The van der Waals surface area contributed by atoms with Crippen molar-refractivity contribution in [3.8, 4) is 0 Å². The van der Waals surface area contributed by atoms with Crippen molar-refractivity contribution >= 4 is 22.9 Å². The highest BCUT2D eigenvalue weighted by Gasteiger charge is 1.96. The number of halogens is 1. The minimum absolute atomic E-state index is 0.882. The number of likely N-dealkylation sites (N-methyl/N-ethyl adjacent to an activating group) is 1. The molecule has 0 amide bonds. The summed E-state index contributed by atoms with van der Waals surface area (Å²) in [5.74, 6) is 0. The van der Waals surface area contributed by atoms with Gasteiger partial charge < -0.3 is 10.6 Å². The molecule has 0 spiro atoms. The maximum atomic E-state index is 5.83. The lowest BCUT2D eigenvalue weighted by atomic mass is 10.3. The van der Waals surface area contributed by atoms with Gasteiger partial charge in [0.05, 0.1) is 4.34 Å². The van der Waals surface area contributed by atoms with E-state index in [0.717, 1.165) is 36.9 Å². The first-order valence-corrected chi connectivity index (χ1v) is 6.18. The number of nitrogens with one attached hydrogen (secondary N) is 2. The monoisotopic (exact) mass is 232 g/mol. The van der Waals surface area contributed by atoms with E-state index in [2.05, 4.69) is 23.6 Å². The second-order valence-electron chi connectivity index (χ2n) is 3.06. The van der Waals surface area contributed by atoms with Crippen LogP contribution in [0.3, 0.4) is 0 Å². The van der Waals surface area contributed by atoms with Crippen molar-refractivity contribution in [1.82, 2.24) is 10.6 Å². The van der Waals surface area contributed by atoms with Gasteiger partial charge in [0.25, 0.3) is 0 Å². The fraction of sp³-hybridized carbons (Fsp3) is 0.600. The smallest absolute Gasteiger partial charge is 0.0931 e. The molecule has 1 heterocycles. The fourth-order valence-electron chi connectivity index (χ4n) is 1.18. The van der Waals surface area contributed by atoms with Gasteiger partial charge in [-0.1, -0.05) is 18.5 Å². The molecule has 0 saturated carbocycles. The van der Waals surface area contributed by atoms with Crippen LogP contribution in [0, 0.1) is 0 Å². The summed E-state index contributed by atoms with van der Waals surface area (Å²) in [5.41, 5.74) is 0. The molecule has 0 saturated heterocycles. The van der Waals surface area contributed by atoms with Gasteiger partial charge in [0.15, 0.2) is 0 Å². The highest BCUT2D eigenvalue weighted by molar-refractivity contribution is 7.16. The zero-order valence-electron chi connectivity index (χ0n) is 8.48. The van der Waals surface area contributed by atoms with E-state index in [-0.39, 0.29) is 0 Å². The molecule has 1 aromatic rings. The fourth-order valence-corrected chi connectivity index (χ4v) is 2.26. The summed E-state index contributed by atoms with van der Waals surface area (Å²) >= 11 is 7.50. The van der Waals surface area contributed by atoms with Crippen LogP contribution in [0.2, 0.25) is 4.34 Å². The van der Waals surface area contributed by atoms with Crippen LogP contribution in [0.5, 0.6) is 0 Å². The van der Waals surface area contributed by atoms with Crippen molar-refractivity contribution in [1.29, 1.82) is 0 Å². The predicted octanol–water partition coefficient (Wildman–Crippen LogP) is 2.14. The summed E-state index contributed by atoms with van der Waals surface area (Å²) in [5, 5.41) is 6.65. The van der Waals surface area contributed by atoms with Crippen LogP contribution in [-0.4, -0.2) is 26.2 Å². The van der Waals surface area contributed by atoms with Gasteiger partial charge in [-0.25, -0.2) is 0 Å². The van der Waals surface area contributed by atoms with Crippen molar-refractivity contribution in [3.05, 3.63) is 21.3 Å². The molecule has 2 N–H and O–H groups in total. The minimum Gasteiger partial charge on any atom is -0.316 e. The van der Waals surface area contributed by atoms with Crippen LogP contribution in [0.15, 0.2) is 12.1 Å². The van der Waals surface area contributed by atoms with Crippen LogP contribution in [0.25, 0.3) is 0 Å². The van der Waals surface area contributed by atoms with Crippen LogP contribution >= 0.6 is 22.9 Å². The van der Waals surface area contributed by atoms with Crippen molar-refractivity contribution < 1.29 is 0 Å². The van der Waals surface area contributed by atoms with E-state index in [4.69, 9.17) is 11.6 Å². The largest absolute Gasteiger partial charge is 0.316 e. The summed E-state index contributed by atoms with van der Waals surface area (Å²) in [4.78, 5) is 1.35. The van der Waals surface area contributed by atoms with Gasteiger partial charge in [0, 0.05) is 24.5 Å². The summed E-state index contributed by atoms with van der Waals surface area (Å²) in [7, 11) is 0. The molecule has 0 radical (unpaired) electrons. The molecular weight excluding hydrogens is 216 g/mol. The van der Waals surface area contributed by atoms with Crippen LogP contribution in [0.1, 0.15) is 11.8 Å². The number of hydrogen-bond donors (Lipinski definition) is 2. The molecule has 1 rings (SSSR count). The Kier molecular flexibility index (Phi) is 6.19. The third-order valence-corrected chi connectivity index (χ3v) is 3.20. The quantitative estimate of drug-likeness (QED) is 0.704. The SMILES string of the molecule is CCNCCNCCc1ccc(Cl)s1. The van der Waals surface area contributed by atoms with Crippen molar-refractivity contribution in [3.63, 3.8) is 0 Å². The Bertz CT molecular complexity index is 250. The van der Waals surface area contributed by atoms with Crippen LogP contribution in [0.4, 0.5) is 0 Å². The molecule has 0 unspecified atom stereocenters. The predicted molar refractivity (Wildman–Crippen MR) is 64.4 cm³/mol. The van der Waals surface area contributed by atoms with Crippen molar-refractivity contribution in [2.24, 2.45) is 0 Å². The molecule has 0 aliphatic heterocycles. The highest BCUT2D eigenvalue weighted by atomic mass is 35.5. The summed E-state index contributed by atoms with van der Waals surface area (Å²) in [6.07, 6.45) is 1.07. The molecule has 2 nitrogen and oxygen atoms in total. The van der Waals surface area contributed by atoms with Gasteiger partial charge in [0.2, 0.25) is 0 Å². The maximum absolute atomic E-state index is 5.83. The molecule has 0 aliphatic carbocycles. The second kappa shape index (κ2) is 7.23. The highest BCUT2D eigenvalue weighted by Crippen LogP contribution is 2.21. The topological polar surface area (TPSA) is 24.1 Å². The third kappa shape index (κ3) is 4.96. The molecule has 0 aliphatic rings. The summed E-state index contributed by atoms with van der Waals surface area (Å²) in [6, 6.07) is 4.05. The third-order valence-electron chi connectivity index (χ3n) is 1.91. The molecule has 1 aromatic heterocycles. The van der Waals surface area contributed by atoms with Gasteiger partial charge >= 0.3 is 0 Å². The Hall–Kier alpha value is -0.0900. The van der Waals surface area contributed by atoms with Crippen LogP contribution in [-0.2, 0) is 6.42 Å². The molecule has 0 atom stereocenters. The standard InChI is InChI=1S/C10H17ClN2S/c1-2-12-7-8-13-6-5-9-3-4-10(11)14-9/h3-4,12-13H,2,5-8H2,1H3. The Morgan fingerprint density at radius 3 is 2.64 bits per heavy atom. The first-order valence-electron chi connectivity index (χ1n) is 4.98. The van der Waals surface area contributed by atoms with Crippen molar-refractivity contribution in [2.45, 2.75) is 13.3 Å². The average molecular weight is 233 g/mol. The lowest BCUT2D eigenvalue weighted by molar-refractivity contribution is 0.626. The molecular formula is C10H17ClN2S. The number of thiophene rings is 1. The zero-order valence-corrected chi connectivity index (χ0v) is 10.0. The number of hydrogen-bond acceptors (Lipinski definition) is 3. The van der Waals surface area contributed by atoms with E-state index in [0.29, 0.717) is 0 Å². The van der Waals surface area contributed by atoms with Gasteiger partial charge in [0.1, 0.15) is 0 Å². The lowest BCUT2D eigenvalue weighted by Crippen LogP contribution is -2.28. The van der Waals surface area contributed by atoms with E-state index in [9.17, 15) is 0 Å².